The molecule has 2 unspecified atom stereocenters. The van der Waals surface area contributed by atoms with Gasteiger partial charge in [-0.3, -0.25) is 0 Å². The van der Waals surface area contributed by atoms with E-state index < -0.39 is 0 Å². The maximum Gasteiger partial charge on any atom is 0.123 e. The van der Waals surface area contributed by atoms with E-state index in [2.05, 4.69) is 31.7 Å². The van der Waals surface area contributed by atoms with Gasteiger partial charge in [0, 0.05) is 36.1 Å². The average molecular weight is 264 g/mol. The van der Waals surface area contributed by atoms with Crippen LogP contribution in [0.1, 0.15) is 27.2 Å². The molecule has 1 saturated heterocycles. The second-order valence-corrected chi connectivity index (χ2v) is 5.25. The number of nitrogens with zero attached hydrogens (tertiary/aromatic N) is 1. The Morgan fingerprint density at radius 3 is 2.89 bits per heavy atom. The number of hydrogen-bond acceptors (Lipinski definition) is 4. The van der Waals surface area contributed by atoms with Crippen molar-refractivity contribution in [2.24, 2.45) is 0 Å². The van der Waals surface area contributed by atoms with Gasteiger partial charge in [-0.05, 0) is 26.3 Å². The first-order valence-corrected chi connectivity index (χ1v) is 7.01. The standard InChI is InChI=1S/C15H24N2O2/c1-4-5-18-15-7-13(16)6-14(8-15)17-9-12(3)19-10-11(17)2/h6-8,11-12H,4-5,9-10,16H2,1-3H3. The van der Waals surface area contributed by atoms with Crippen LogP contribution in [0.4, 0.5) is 11.4 Å². The largest absolute Gasteiger partial charge is 0.493 e. The molecule has 1 heterocycles. The van der Waals surface area contributed by atoms with Gasteiger partial charge in [0.1, 0.15) is 5.75 Å². The van der Waals surface area contributed by atoms with E-state index in [4.69, 9.17) is 15.2 Å². The summed E-state index contributed by atoms with van der Waals surface area (Å²) < 4.78 is 11.4. The first-order chi connectivity index (χ1) is 9.10. The van der Waals surface area contributed by atoms with Gasteiger partial charge in [0.05, 0.1) is 19.3 Å². The Hall–Kier alpha value is -1.42. The molecule has 2 N–H and O–H groups in total. The molecule has 19 heavy (non-hydrogen) atoms. The van der Waals surface area contributed by atoms with E-state index in [1.165, 1.54) is 0 Å². The van der Waals surface area contributed by atoms with Crippen molar-refractivity contribution in [1.29, 1.82) is 0 Å². The van der Waals surface area contributed by atoms with E-state index >= 15 is 0 Å². The lowest BCUT2D eigenvalue weighted by Gasteiger charge is -2.38. The molecule has 1 fully saturated rings. The third kappa shape index (κ3) is 3.53. The number of benzene rings is 1. The van der Waals surface area contributed by atoms with Crippen molar-refractivity contribution in [3.63, 3.8) is 0 Å². The van der Waals surface area contributed by atoms with Crippen LogP contribution >= 0.6 is 0 Å². The van der Waals surface area contributed by atoms with E-state index in [0.29, 0.717) is 6.04 Å². The molecule has 106 valence electrons. The molecule has 0 saturated carbocycles. The van der Waals surface area contributed by atoms with Crippen molar-refractivity contribution >= 4 is 11.4 Å². The van der Waals surface area contributed by atoms with Crippen LogP contribution in [-0.2, 0) is 4.74 Å². The molecule has 1 aliphatic heterocycles. The fraction of sp³-hybridized carbons (Fsp3) is 0.600. The molecule has 2 atom stereocenters. The van der Waals surface area contributed by atoms with Gasteiger partial charge < -0.3 is 20.1 Å². The van der Waals surface area contributed by atoms with Gasteiger partial charge in [0.25, 0.3) is 0 Å². The van der Waals surface area contributed by atoms with Gasteiger partial charge >= 0.3 is 0 Å². The predicted molar refractivity (Wildman–Crippen MR) is 78.9 cm³/mol. The van der Waals surface area contributed by atoms with Crippen molar-refractivity contribution in [2.45, 2.75) is 39.3 Å². The molecule has 0 spiro atoms. The Bertz CT molecular complexity index is 423. The molecule has 1 aliphatic rings. The van der Waals surface area contributed by atoms with Crippen LogP contribution in [0.25, 0.3) is 0 Å². The lowest BCUT2D eigenvalue weighted by Crippen LogP contribution is -2.47. The van der Waals surface area contributed by atoms with Gasteiger partial charge in [0.15, 0.2) is 0 Å². The van der Waals surface area contributed by atoms with Crippen molar-refractivity contribution < 1.29 is 9.47 Å². The van der Waals surface area contributed by atoms with Crippen LogP contribution in [0.15, 0.2) is 18.2 Å². The molecule has 0 radical (unpaired) electrons. The molecule has 4 nitrogen and oxygen atoms in total. The summed E-state index contributed by atoms with van der Waals surface area (Å²) in [7, 11) is 0. The highest BCUT2D eigenvalue weighted by atomic mass is 16.5. The second kappa shape index (κ2) is 6.15. The highest BCUT2D eigenvalue weighted by Crippen LogP contribution is 2.29. The summed E-state index contributed by atoms with van der Waals surface area (Å²) in [6.07, 6.45) is 1.24. The number of anilines is 2. The first-order valence-electron chi connectivity index (χ1n) is 7.01. The maximum atomic E-state index is 5.98. The molecular formula is C15H24N2O2. The number of nitrogen functional groups attached to an aromatic ring is 1. The van der Waals surface area contributed by atoms with Gasteiger partial charge in [-0.2, -0.15) is 0 Å². The topological polar surface area (TPSA) is 47.7 Å². The molecule has 0 bridgehead atoms. The molecule has 1 aromatic carbocycles. The molecule has 0 aliphatic carbocycles. The zero-order valence-electron chi connectivity index (χ0n) is 12.1. The van der Waals surface area contributed by atoms with Crippen LogP contribution in [0.3, 0.4) is 0 Å². The summed E-state index contributed by atoms with van der Waals surface area (Å²) in [5.74, 6) is 0.850. The number of hydrogen-bond donors (Lipinski definition) is 1. The third-order valence-electron chi connectivity index (χ3n) is 3.33. The molecular weight excluding hydrogens is 240 g/mol. The fourth-order valence-corrected chi connectivity index (χ4v) is 2.34. The number of nitrogens with two attached hydrogens (primary N) is 1. The predicted octanol–water partition coefficient (Wildman–Crippen LogP) is 2.67. The van der Waals surface area contributed by atoms with Crippen LogP contribution in [0.5, 0.6) is 5.75 Å². The van der Waals surface area contributed by atoms with Gasteiger partial charge in [-0.25, -0.2) is 0 Å². The summed E-state index contributed by atoms with van der Waals surface area (Å²) >= 11 is 0. The maximum absolute atomic E-state index is 5.98. The normalized spacial score (nSPS) is 23.4. The van der Waals surface area contributed by atoms with E-state index in [-0.39, 0.29) is 6.10 Å². The Labute approximate surface area is 115 Å². The van der Waals surface area contributed by atoms with Crippen molar-refractivity contribution in [3.8, 4) is 5.75 Å². The lowest BCUT2D eigenvalue weighted by molar-refractivity contribution is 0.0343. The van der Waals surface area contributed by atoms with Crippen LogP contribution in [-0.4, -0.2) is 31.9 Å². The van der Waals surface area contributed by atoms with Gasteiger partial charge in [-0.15, -0.1) is 0 Å². The van der Waals surface area contributed by atoms with E-state index in [1.54, 1.807) is 0 Å². The Morgan fingerprint density at radius 1 is 1.37 bits per heavy atom. The number of rotatable bonds is 4. The summed E-state index contributed by atoms with van der Waals surface area (Å²) in [6.45, 7) is 8.72. The summed E-state index contributed by atoms with van der Waals surface area (Å²) in [5.41, 5.74) is 7.84. The highest BCUT2D eigenvalue weighted by molar-refractivity contribution is 5.61. The Balaban J connectivity index is 2.20. The molecule has 1 aromatic rings. The average Bonchev–Trinajstić information content (AvgIpc) is 2.38. The Morgan fingerprint density at radius 2 is 2.16 bits per heavy atom. The van der Waals surface area contributed by atoms with Gasteiger partial charge in [-0.1, -0.05) is 6.92 Å². The van der Waals surface area contributed by atoms with E-state index in [1.807, 2.05) is 12.1 Å². The zero-order valence-corrected chi connectivity index (χ0v) is 12.1. The Kier molecular flexibility index (Phi) is 4.53. The van der Waals surface area contributed by atoms with E-state index in [0.717, 1.165) is 43.3 Å². The summed E-state index contributed by atoms with van der Waals surface area (Å²) in [5, 5.41) is 0. The smallest absolute Gasteiger partial charge is 0.123 e. The minimum absolute atomic E-state index is 0.248. The fourth-order valence-electron chi connectivity index (χ4n) is 2.34. The van der Waals surface area contributed by atoms with Crippen LogP contribution in [0, 0.1) is 0 Å². The highest BCUT2D eigenvalue weighted by Gasteiger charge is 2.24. The SMILES string of the molecule is CCCOc1cc(N)cc(N2CC(C)OCC2C)c1. The molecule has 4 heteroatoms. The van der Waals surface area contributed by atoms with Crippen molar-refractivity contribution in [1.82, 2.24) is 0 Å². The summed E-state index contributed by atoms with van der Waals surface area (Å²) in [4.78, 5) is 2.34. The van der Waals surface area contributed by atoms with E-state index in [9.17, 15) is 0 Å². The third-order valence-corrected chi connectivity index (χ3v) is 3.33. The number of ether oxygens (including phenoxy) is 2. The zero-order chi connectivity index (χ0) is 13.8. The van der Waals surface area contributed by atoms with Crippen LogP contribution < -0.4 is 15.4 Å². The summed E-state index contributed by atoms with van der Waals surface area (Å²) in [6, 6.07) is 6.32. The minimum Gasteiger partial charge on any atom is -0.493 e. The van der Waals surface area contributed by atoms with Gasteiger partial charge in [0.2, 0.25) is 0 Å². The minimum atomic E-state index is 0.248. The van der Waals surface area contributed by atoms with Crippen molar-refractivity contribution in [2.75, 3.05) is 30.4 Å². The van der Waals surface area contributed by atoms with Crippen molar-refractivity contribution in [3.05, 3.63) is 18.2 Å². The molecule has 0 aromatic heterocycles. The quantitative estimate of drug-likeness (QED) is 0.849. The lowest BCUT2D eigenvalue weighted by atomic mass is 10.1. The number of morpholine rings is 1. The molecule has 2 rings (SSSR count). The second-order valence-electron chi connectivity index (χ2n) is 5.25. The monoisotopic (exact) mass is 264 g/mol. The molecule has 0 amide bonds. The van der Waals surface area contributed by atoms with Crippen LogP contribution in [0.2, 0.25) is 0 Å². The first kappa shape index (κ1) is 14.0.